The van der Waals surface area contributed by atoms with Crippen molar-refractivity contribution >= 4 is 16.6 Å². The molecule has 0 bridgehead atoms. The summed E-state index contributed by atoms with van der Waals surface area (Å²) in [6, 6.07) is 22.3. The summed E-state index contributed by atoms with van der Waals surface area (Å²) in [7, 11) is 0. The van der Waals surface area contributed by atoms with Gasteiger partial charge in [0.2, 0.25) is 0 Å². The second kappa shape index (κ2) is 4.69. The summed E-state index contributed by atoms with van der Waals surface area (Å²) in [6.45, 7) is 1.61. The fourth-order valence-electron chi connectivity index (χ4n) is 2.40. The molecule has 0 saturated carbocycles. The molecule has 3 aromatic rings. The van der Waals surface area contributed by atoms with E-state index in [2.05, 4.69) is 30.3 Å². The summed E-state index contributed by atoms with van der Waals surface area (Å²) in [5, 5.41) is 2.41. The standard InChI is InChI=1S/C18H14O/c1-13(19)17-8-4-5-9-18(17)16-11-10-14-6-2-3-7-15(14)12-16/h2-12H,1H3. The van der Waals surface area contributed by atoms with Gasteiger partial charge >= 0.3 is 0 Å². The van der Waals surface area contributed by atoms with E-state index < -0.39 is 0 Å². The van der Waals surface area contributed by atoms with Crippen molar-refractivity contribution in [3.63, 3.8) is 0 Å². The molecule has 0 atom stereocenters. The van der Waals surface area contributed by atoms with Crippen LogP contribution in [-0.2, 0) is 0 Å². The fraction of sp³-hybridized carbons (Fsp3) is 0.0556. The van der Waals surface area contributed by atoms with Gasteiger partial charge in [-0.05, 0) is 34.9 Å². The highest BCUT2D eigenvalue weighted by molar-refractivity contribution is 6.01. The molecule has 92 valence electrons. The van der Waals surface area contributed by atoms with Crippen molar-refractivity contribution in [3.05, 3.63) is 72.3 Å². The summed E-state index contributed by atoms with van der Waals surface area (Å²) in [5.41, 5.74) is 2.86. The molecule has 0 aliphatic heterocycles. The predicted octanol–water partition coefficient (Wildman–Crippen LogP) is 4.71. The minimum absolute atomic E-state index is 0.101. The molecule has 0 fully saturated rings. The van der Waals surface area contributed by atoms with Crippen LogP contribution in [0.1, 0.15) is 17.3 Å². The van der Waals surface area contributed by atoms with E-state index in [1.807, 2.05) is 36.4 Å². The summed E-state index contributed by atoms with van der Waals surface area (Å²) < 4.78 is 0. The number of carbonyl (C=O) groups is 1. The third kappa shape index (κ3) is 2.15. The minimum Gasteiger partial charge on any atom is -0.294 e. The largest absolute Gasteiger partial charge is 0.294 e. The van der Waals surface area contributed by atoms with Gasteiger partial charge in [-0.3, -0.25) is 4.79 Å². The highest BCUT2D eigenvalue weighted by atomic mass is 16.1. The Kier molecular flexibility index (Phi) is 2.88. The quantitative estimate of drug-likeness (QED) is 0.598. The molecule has 0 saturated heterocycles. The lowest BCUT2D eigenvalue weighted by molar-refractivity contribution is 0.101. The first-order chi connectivity index (χ1) is 9.25. The van der Waals surface area contributed by atoms with Crippen LogP contribution in [0.3, 0.4) is 0 Å². The van der Waals surface area contributed by atoms with Crippen LogP contribution in [0.15, 0.2) is 66.7 Å². The zero-order chi connectivity index (χ0) is 13.2. The molecule has 3 aromatic carbocycles. The van der Waals surface area contributed by atoms with Gasteiger partial charge in [-0.15, -0.1) is 0 Å². The predicted molar refractivity (Wildman–Crippen MR) is 79.4 cm³/mol. The van der Waals surface area contributed by atoms with Gasteiger partial charge in [0.05, 0.1) is 0 Å². The zero-order valence-corrected chi connectivity index (χ0v) is 10.8. The Morgan fingerprint density at radius 2 is 1.47 bits per heavy atom. The van der Waals surface area contributed by atoms with E-state index in [1.54, 1.807) is 6.92 Å². The Hall–Kier alpha value is -2.41. The Morgan fingerprint density at radius 1 is 0.789 bits per heavy atom. The van der Waals surface area contributed by atoms with Crippen molar-refractivity contribution in [3.8, 4) is 11.1 Å². The highest BCUT2D eigenvalue weighted by Crippen LogP contribution is 2.27. The van der Waals surface area contributed by atoms with Crippen LogP contribution in [0.2, 0.25) is 0 Å². The van der Waals surface area contributed by atoms with Gasteiger partial charge in [0, 0.05) is 5.56 Å². The number of fused-ring (bicyclic) bond motifs is 1. The van der Waals surface area contributed by atoms with Gasteiger partial charge in [-0.1, -0.05) is 60.7 Å². The lowest BCUT2D eigenvalue weighted by atomic mass is 9.95. The summed E-state index contributed by atoms with van der Waals surface area (Å²) in [5.74, 6) is 0.101. The Morgan fingerprint density at radius 3 is 2.26 bits per heavy atom. The van der Waals surface area contributed by atoms with E-state index in [1.165, 1.54) is 10.8 Å². The molecule has 0 heterocycles. The number of rotatable bonds is 2. The Balaban J connectivity index is 2.22. The molecule has 1 heteroatoms. The van der Waals surface area contributed by atoms with E-state index in [0.717, 1.165) is 16.7 Å². The molecular formula is C18H14O. The molecule has 3 rings (SSSR count). The van der Waals surface area contributed by atoms with Crippen LogP contribution >= 0.6 is 0 Å². The van der Waals surface area contributed by atoms with E-state index in [4.69, 9.17) is 0 Å². The van der Waals surface area contributed by atoms with Crippen LogP contribution in [0, 0.1) is 0 Å². The van der Waals surface area contributed by atoms with Crippen LogP contribution in [0.5, 0.6) is 0 Å². The van der Waals surface area contributed by atoms with E-state index in [0.29, 0.717) is 0 Å². The molecule has 0 unspecified atom stereocenters. The van der Waals surface area contributed by atoms with Crippen molar-refractivity contribution in [2.24, 2.45) is 0 Å². The molecule has 0 radical (unpaired) electrons. The average molecular weight is 246 g/mol. The maximum absolute atomic E-state index is 11.7. The van der Waals surface area contributed by atoms with Crippen molar-refractivity contribution in [1.29, 1.82) is 0 Å². The number of ketones is 1. The van der Waals surface area contributed by atoms with Crippen molar-refractivity contribution < 1.29 is 4.79 Å². The van der Waals surface area contributed by atoms with Crippen LogP contribution < -0.4 is 0 Å². The molecule has 0 aliphatic carbocycles. The smallest absolute Gasteiger partial charge is 0.160 e. The SMILES string of the molecule is CC(=O)c1ccccc1-c1ccc2ccccc2c1. The second-order valence-corrected chi connectivity index (χ2v) is 4.66. The van der Waals surface area contributed by atoms with E-state index in [9.17, 15) is 4.79 Å². The maximum Gasteiger partial charge on any atom is 0.160 e. The lowest BCUT2D eigenvalue weighted by Gasteiger charge is -2.08. The monoisotopic (exact) mass is 246 g/mol. The first kappa shape index (κ1) is 11.7. The third-order valence-electron chi connectivity index (χ3n) is 3.37. The number of Topliss-reactive ketones (excluding diaryl/α,β-unsaturated/α-hetero) is 1. The Bertz CT molecular complexity index is 756. The molecule has 1 nitrogen and oxygen atoms in total. The zero-order valence-electron chi connectivity index (χ0n) is 10.8. The number of hydrogen-bond acceptors (Lipinski definition) is 1. The molecular weight excluding hydrogens is 232 g/mol. The van der Waals surface area contributed by atoms with E-state index in [-0.39, 0.29) is 5.78 Å². The number of carbonyl (C=O) groups excluding carboxylic acids is 1. The maximum atomic E-state index is 11.7. The normalized spacial score (nSPS) is 10.6. The first-order valence-corrected chi connectivity index (χ1v) is 6.35. The van der Waals surface area contributed by atoms with Crippen LogP contribution in [0.4, 0.5) is 0 Å². The molecule has 0 spiro atoms. The highest BCUT2D eigenvalue weighted by Gasteiger charge is 2.08. The van der Waals surface area contributed by atoms with Gasteiger partial charge in [-0.25, -0.2) is 0 Å². The molecule has 0 aliphatic rings. The van der Waals surface area contributed by atoms with Crippen molar-refractivity contribution in [1.82, 2.24) is 0 Å². The lowest BCUT2D eigenvalue weighted by Crippen LogP contribution is -1.95. The topological polar surface area (TPSA) is 17.1 Å². The van der Waals surface area contributed by atoms with Crippen LogP contribution in [-0.4, -0.2) is 5.78 Å². The van der Waals surface area contributed by atoms with Gasteiger partial charge < -0.3 is 0 Å². The van der Waals surface area contributed by atoms with Gasteiger partial charge in [0.25, 0.3) is 0 Å². The average Bonchev–Trinajstić information content (AvgIpc) is 2.46. The summed E-state index contributed by atoms with van der Waals surface area (Å²) >= 11 is 0. The third-order valence-corrected chi connectivity index (χ3v) is 3.37. The van der Waals surface area contributed by atoms with Gasteiger partial charge in [-0.2, -0.15) is 0 Å². The van der Waals surface area contributed by atoms with Crippen LogP contribution in [0.25, 0.3) is 21.9 Å². The van der Waals surface area contributed by atoms with Crippen molar-refractivity contribution in [2.45, 2.75) is 6.92 Å². The minimum atomic E-state index is 0.101. The fourth-order valence-corrected chi connectivity index (χ4v) is 2.40. The Labute approximate surface area is 112 Å². The number of benzene rings is 3. The first-order valence-electron chi connectivity index (χ1n) is 6.35. The molecule has 0 N–H and O–H groups in total. The van der Waals surface area contributed by atoms with E-state index >= 15 is 0 Å². The molecule has 0 amide bonds. The van der Waals surface area contributed by atoms with Crippen molar-refractivity contribution in [2.75, 3.05) is 0 Å². The van der Waals surface area contributed by atoms with Gasteiger partial charge in [0.1, 0.15) is 0 Å². The summed E-state index contributed by atoms with van der Waals surface area (Å²) in [4.78, 5) is 11.7. The molecule has 0 aromatic heterocycles. The van der Waals surface area contributed by atoms with Gasteiger partial charge in [0.15, 0.2) is 5.78 Å². The second-order valence-electron chi connectivity index (χ2n) is 4.66. The summed E-state index contributed by atoms with van der Waals surface area (Å²) in [6.07, 6.45) is 0. The number of hydrogen-bond donors (Lipinski definition) is 0. The molecule has 19 heavy (non-hydrogen) atoms.